The largest absolute Gasteiger partial charge is 0.490 e. The van der Waals surface area contributed by atoms with Gasteiger partial charge >= 0.3 is 6.03 Å². The van der Waals surface area contributed by atoms with Crippen molar-refractivity contribution in [3.05, 3.63) is 24.0 Å². The fourth-order valence-corrected chi connectivity index (χ4v) is 2.76. The molecule has 110 valence electrons. The molecule has 1 aliphatic heterocycles. The molecule has 0 atom stereocenters. The Kier molecular flexibility index (Phi) is 4.34. The van der Waals surface area contributed by atoms with E-state index in [0.29, 0.717) is 19.6 Å². The molecule has 1 N–H and O–H groups in total. The summed E-state index contributed by atoms with van der Waals surface area (Å²) in [6.07, 6.45) is 0. The third-order valence-corrected chi connectivity index (χ3v) is 4.08. The summed E-state index contributed by atoms with van der Waals surface area (Å²) < 4.78 is 41.0. The Morgan fingerprint density at radius 2 is 2.20 bits per heavy atom. The van der Waals surface area contributed by atoms with Crippen molar-refractivity contribution in [1.29, 1.82) is 0 Å². The van der Waals surface area contributed by atoms with E-state index in [1.807, 2.05) is 0 Å². The zero-order valence-corrected chi connectivity index (χ0v) is 11.9. The fourth-order valence-electron chi connectivity index (χ4n) is 1.78. The minimum atomic E-state index is -4.10. The number of benzene rings is 1. The van der Waals surface area contributed by atoms with Gasteiger partial charge in [-0.05, 0) is 18.2 Å². The summed E-state index contributed by atoms with van der Waals surface area (Å²) in [5.41, 5.74) is 0. The van der Waals surface area contributed by atoms with E-state index in [4.69, 9.17) is 15.4 Å². The highest BCUT2D eigenvalue weighted by molar-refractivity contribution is 8.13. The van der Waals surface area contributed by atoms with Gasteiger partial charge in [-0.2, -0.15) is 0 Å². The molecule has 0 aromatic heterocycles. The lowest BCUT2D eigenvalue weighted by Crippen LogP contribution is -2.31. The molecule has 1 fully saturated rings. The van der Waals surface area contributed by atoms with Gasteiger partial charge in [0, 0.05) is 23.8 Å². The van der Waals surface area contributed by atoms with Gasteiger partial charge in [-0.25, -0.2) is 17.6 Å². The maximum absolute atomic E-state index is 13.1. The number of halogens is 2. The van der Waals surface area contributed by atoms with Crippen LogP contribution in [-0.2, 0) is 9.05 Å². The molecule has 0 saturated carbocycles. The van der Waals surface area contributed by atoms with Crippen LogP contribution in [0.15, 0.2) is 23.1 Å². The Hall–Kier alpha value is -1.54. The van der Waals surface area contributed by atoms with Crippen LogP contribution in [0.3, 0.4) is 0 Å². The second kappa shape index (κ2) is 5.84. The van der Waals surface area contributed by atoms with Gasteiger partial charge in [0.05, 0.1) is 6.54 Å². The molecule has 1 aliphatic rings. The third-order valence-electron chi connectivity index (χ3n) is 2.73. The normalized spacial score (nSPS) is 15.3. The summed E-state index contributed by atoms with van der Waals surface area (Å²) in [4.78, 5) is 12.4. The molecule has 9 heteroatoms. The number of amides is 2. The number of hydrogen-bond donors (Lipinski definition) is 1. The Morgan fingerprint density at radius 3 is 2.80 bits per heavy atom. The molecule has 2 rings (SSSR count). The molecule has 1 saturated heterocycles. The van der Waals surface area contributed by atoms with Gasteiger partial charge in [-0.3, -0.25) is 0 Å². The van der Waals surface area contributed by atoms with Crippen LogP contribution in [0, 0.1) is 5.82 Å². The minimum Gasteiger partial charge on any atom is -0.490 e. The van der Waals surface area contributed by atoms with E-state index >= 15 is 0 Å². The minimum absolute atomic E-state index is 0.0407. The number of carbonyl (C=O) groups excluding carboxylic acids is 1. The number of carbonyl (C=O) groups is 1. The molecule has 1 aromatic rings. The monoisotopic (exact) mass is 322 g/mol. The van der Waals surface area contributed by atoms with E-state index in [1.165, 1.54) is 11.0 Å². The lowest BCUT2D eigenvalue weighted by atomic mass is 10.3. The quantitative estimate of drug-likeness (QED) is 0.825. The summed E-state index contributed by atoms with van der Waals surface area (Å²) in [6, 6.07) is 2.86. The number of ether oxygens (including phenoxy) is 1. The molecule has 0 aliphatic carbocycles. The van der Waals surface area contributed by atoms with Crippen molar-refractivity contribution in [2.45, 2.75) is 4.90 Å². The maximum Gasteiger partial charge on any atom is 0.317 e. The van der Waals surface area contributed by atoms with Gasteiger partial charge < -0.3 is 15.0 Å². The zero-order chi connectivity index (χ0) is 14.8. The SMILES string of the molecule is O=C1NCCN1CCOc1ccc(F)cc1S(=O)(=O)Cl. The molecule has 0 spiro atoms. The first kappa shape index (κ1) is 14.9. The van der Waals surface area contributed by atoms with Crippen LogP contribution in [0.4, 0.5) is 9.18 Å². The molecule has 1 heterocycles. The first-order valence-electron chi connectivity index (χ1n) is 5.78. The van der Waals surface area contributed by atoms with Gasteiger partial charge in [0.2, 0.25) is 0 Å². The maximum atomic E-state index is 13.1. The van der Waals surface area contributed by atoms with Crippen LogP contribution in [0.1, 0.15) is 0 Å². The molecule has 0 unspecified atom stereocenters. The highest BCUT2D eigenvalue weighted by Gasteiger charge is 2.21. The van der Waals surface area contributed by atoms with Gasteiger partial charge in [-0.15, -0.1) is 0 Å². The van der Waals surface area contributed by atoms with Crippen LogP contribution < -0.4 is 10.1 Å². The number of nitrogens with zero attached hydrogens (tertiary/aromatic N) is 1. The van der Waals surface area contributed by atoms with Crippen molar-refractivity contribution in [2.24, 2.45) is 0 Å². The zero-order valence-electron chi connectivity index (χ0n) is 10.3. The van der Waals surface area contributed by atoms with Crippen LogP contribution >= 0.6 is 10.7 Å². The molecule has 6 nitrogen and oxygen atoms in total. The smallest absolute Gasteiger partial charge is 0.317 e. The van der Waals surface area contributed by atoms with Gasteiger partial charge in [0.15, 0.2) is 0 Å². The highest BCUT2D eigenvalue weighted by Crippen LogP contribution is 2.27. The van der Waals surface area contributed by atoms with Crippen LogP contribution in [0.5, 0.6) is 5.75 Å². The molecule has 0 bridgehead atoms. The number of urea groups is 1. The molecule has 0 radical (unpaired) electrons. The van der Waals surface area contributed by atoms with Crippen molar-refractivity contribution < 1.29 is 22.3 Å². The summed E-state index contributed by atoms with van der Waals surface area (Å²) in [7, 11) is 1.11. The van der Waals surface area contributed by atoms with Crippen molar-refractivity contribution in [2.75, 3.05) is 26.2 Å². The van der Waals surface area contributed by atoms with Crippen molar-refractivity contribution >= 4 is 25.8 Å². The first-order chi connectivity index (χ1) is 9.38. The second-order valence-electron chi connectivity index (χ2n) is 4.10. The predicted molar refractivity (Wildman–Crippen MR) is 69.9 cm³/mol. The van der Waals surface area contributed by atoms with E-state index in [0.717, 1.165) is 12.1 Å². The Labute approximate surface area is 119 Å². The Bertz CT molecular complexity index is 623. The van der Waals surface area contributed by atoms with Crippen molar-refractivity contribution in [1.82, 2.24) is 10.2 Å². The molecule has 20 heavy (non-hydrogen) atoms. The first-order valence-corrected chi connectivity index (χ1v) is 8.08. The Morgan fingerprint density at radius 1 is 1.45 bits per heavy atom. The van der Waals surface area contributed by atoms with Crippen LogP contribution in [0.2, 0.25) is 0 Å². The van der Waals surface area contributed by atoms with Crippen LogP contribution in [-0.4, -0.2) is 45.6 Å². The average Bonchev–Trinajstić information content (AvgIpc) is 2.76. The number of hydrogen-bond acceptors (Lipinski definition) is 4. The summed E-state index contributed by atoms with van der Waals surface area (Å²) in [5.74, 6) is -0.767. The summed E-state index contributed by atoms with van der Waals surface area (Å²) in [6.45, 7) is 1.51. The van der Waals surface area contributed by atoms with Gasteiger partial charge in [-0.1, -0.05) is 0 Å². The van der Waals surface area contributed by atoms with Crippen molar-refractivity contribution in [3.63, 3.8) is 0 Å². The fraction of sp³-hybridized carbons (Fsp3) is 0.364. The lowest BCUT2D eigenvalue weighted by molar-refractivity contribution is 0.201. The number of rotatable bonds is 5. The topological polar surface area (TPSA) is 75.7 Å². The van der Waals surface area contributed by atoms with Gasteiger partial charge in [0.1, 0.15) is 23.1 Å². The van der Waals surface area contributed by atoms with Crippen molar-refractivity contribution in [3.8, 4) is 5.75 Å². The van der Waals surface area contributed by atoms with Crippen LogP contribution in [0.25, 0.3) is 0 Å². The van der Waals surface area contributed by atoms with E-state index in [-0.39, 0.29) is 18.4 Å². The van der Waals surface area contributed by atoms with E-state index in [9.17, 15) is 17.6 Å². The highest BCUT2D eigenvalue weighted by atomic mass is 35.7. The third kappa shape index (κ3) is 3.51. The van der Waals surface area contributed by atoms with E-state index in [1.54, 1.807) is 0 Å². The molecular weight excluding hydrogens is 311 g/mol. The number of nitrogens with one attached hydrogen (secondary N) is 1. The van der Waals surface area contributed by atoms with E-state index < -0.39 is 19.8 Å². The predicted octanol–water partition coefficient (Wildman–Crippen LogP) is 1.16. The molecule has 1 aromatic carbocycles. The van der Waals surface area contributed by atoms with Gasteiger partial charge in [0.25, 0.3) is 9.05 Å². The Balaban J connectivity index is 2.04. The average molecular weight is 323 g/mol. The molecule has 2 amide bonds. The summed E-state index contributed by atoms with van der Waals surface area (Å²) >= 11 is 0. The standard InChI is InChI=1S/C11H12ClFN2O4S/c12-20(17,18)10-7-8(13)1-2-9(10)19-6-5-15-4-3-14-11(15)16/h1-2,7H,3-6H2,(H,14,16). The molecular formula is C11H12ClFN2O4S. The van der Waals surface area contributed by atoms with E-state index in [2.05, 4.69) is 5.32 Å². The lowest BCUT2D eigenvalue weighted by Gasteiger charge is -2.15. The second-order valence-corrected chi connectivity index (χ2v) is 6.63. The summed E-state index contributed by atoms with van der Waals surface area (Å²) in [5, 5.41) is 2.63.